The van der Waals surface area contributed by atoms with Crippen molar-refractivity contribution >= 4 is 29.3 Å². The molecule has 0 atom stereocenters. The molecule has 3 aromatic rings. The van der Waals surface area contributed by atoms with Crippen molar-refractivity contribution in [2.45, 2.75) is 0 Å². The second-order valence-electron chi connectivity index (χ2n) is 4.88. The van der Waals surface area contributed by atoms with Crippen LogP contribution in [-0.4, -0.2) is 15.7 Å². The van der Waals surface area contributed by atoms with Gasteiger partial charge < -0.3 is 5.32 Å². The third kappa shape index (κ3) is 4.08. The van der Waals surface area contributed by atoms with Crippen LogP contribution in [0.1, 0.15) is 5.56 Å². The lowest BCUT2D eigenvalue weighted by Crippen LogP contribution is -2.07. The van der Waals surface area contributed by atoms with Gasteiger partial charge in [-0.3, -0.25) is 4.79 Å². The number of carbonyl (C=O) groups is 1. The summed E-state index contributed by atoms with van der Waals surface area (Å²) in [7, 11) is 0. The third-order valence-electron chi connectivity index (χ3n) is 3.16. The zero-order chi connectivity index (χ0) is 16.1. The highest BCUT2D eigenvalue weighted by molar-refractivity contribution is 6.30. The van der Waals surface area contributed by atoms with Crippen molar-refractivity contribution in [3.05, 3.63) is 83.7 Å². The van der Waals surface area contributed by atoms with Crippen LogP contribution >= 0.6 is 11.6 Å². The highest BCUT2D eigenvalue weighted by atomic mass is 35.5. The lowest BCUT2D eigenvalue weighted by molar-refractivity contribution is -0.111. The highest BCUT2D eigenvalue weighted by Crippen LogP contribution is 2.13. The number of anilines is 1. The largest absolute Gasteiger partial charge is 0.323 e. The molecular formula is C18H14ClN3O. The number of nitrogens with one attached hydrogen (secondary N) is 1. The zero-order valence-corrected chi connectivity index (χ0v) is 12.9. The Hall–Kier alpha value is -2.85. The molecule has 0 fully saturated rings. The maximum Gasteiger partial charge on any atom is 0.248 e. The minimum absolute atomic E-state index is 0.209. The van der Waals surface area contributed by atoms with Crippen LogP contribution < -0.4 is 5.32 Å². The third-order valence-corrected chi connectivity index (χ3v) is 3.41. The molecule has 1 aromatic heterocycles. The van der Waals surface area contributed by atoms with Gasteiger partial charge in [0, 0.05) is 28.5 Å². The van der Waals surface area contributed by atoms with E-state index in [1.54, 1.807) is 41.2 Å². The first-order valence-electron chi connectivity index (χ1n) is 7.05. The smallest absolute Gasteiger partial charge is 0.248 e. The molecule has 0 aliphatic carbocycles. The number of amides is 1. The quantitative estimate of drug-likeness (QED) is 0.732. The Morgan fingerprint density at radius 1 is 1.09 bits per heavy atom. The van der Waals surface area contributed by atoms with E-state index >= 15 is 0 Å². The molecule has 0 saturated carbocycles. The number of nitrogens with zero attached hydrogens (tertiary/aromatic N) is 2. The minimum Gasteiger partial charge on any atom is -0.323 e. The average Bonchev–Trinajstić information content (AvgIpc) is 3.05. The van der Waals surface area contributed by atoms with Crippen molar-refractivity contribution in [3.8, 4) is 5.69 Å². The number of hydrogen-bond donors (Lipinski definition) is 1. The second-order valence-corrected chi connectivity index (χ2v) is 5.32. The lowest BCUT2D eigenvalue weighted by Gasteiger charge is -2.01. The first-order valence-corrected chi connectivity index (χ1v) is 7.43. The molecule has 1 amide bonds. The van der Waals surface area contributed by atoms with E-state index in [0.717, 1.165) is 11.3 Å². The van der Waals surface area contributed by atoms with Crippen molar-refractivity contribution in [2.24, 2.45) is 0 Å². The Morgan fingerprint density at radius 2 is 1.83 bits per heavy atom. The van der Waals surface area contributed by atoms with Gasteiger partial charge in [-0.1, -0.05) is 29.8 Å². The van der Waals surface area contributed by atoms with Crippen LogP contribution in [0.4, 0.5) is 5.69 Å². The van der Waals surface area contributed by atoms with Crippen LogP contribution in [0.25, 0.3) is 11.8 Å². The zero-order valence-electron chi connectivity index (χ0n) is 12.2. The molecule has 0 unspecified atom stereocenters. The normalized spacial score (nSPS) is 10.8. The molecule has 5 heteroatoms. The molecule has 0 bridgehead atoms. The van der Waals surface area contributed by atoms with E-state index < -0.39 is 0 Å². The maximum absolute atomic E-state index is 11.9. The Morgan fingerprint density at radius 3 is 2.57 bits per heavy atom. The van der Waals surface area contributed by atoms with Gasteiger partial charge in [-0.2, -0.15) is 5.10 Å². The molecule has 4 nitrogen and oxygen atoms in total. The molecule has 0 aliphatic rings. The SMILES string of the molecule is O=C(/C=C/c1cnn(-c2ccccc2)c1)Nc1ccc(Cl)cc1. The Bertz CT molecular complexity index is 823. The molecule has 23 heavy (non-hydrogen) atoms. The molecule has 0 spiro atoms. The van der Waals surface area contributed by atoms with Gasteiger partial charge in [0.25, 0.3) is 0 Å². The topological polar surface area (TPSA) is 46.9 Å². The number of aromatic nitrogens is 2. The fourth-order valence-electron chi connectivity index (χ4n) is 2.03. The van der Waals surface area contributed by atoms with Crippen LogP contribution in [0.5, 0.6) is 0 Å². The van der Waals surface area contributed by atoms with Crippen molar-refractivity contribution < 1.29 is 4.79 Å². The van der Waals surface area contributed by atoms with E-state index in [9.17, 15) is 4.79 Å². The summed E-state index contributed by atoms with van der Waals surface area (Å²) in [4.78, 5) is 11.9. The summed E-state index contributed by atoms with van der Waals surface area (Å²) in [6.07, 6.45) is 6.76. The number of halogens is 1. The van der Waals surface area contributed by atoms with Crippen molar-refractivity contribution in [1.29, 1.82) is 0 Å². The monoisotopic (exact) mass is 323 g/mol. The fraction of sp³-hybridized carbons (Fsp3) is 0. The van der Waals surface area contributed by atoms with Crippen molar-refractivity contribution in [1.82, 2.24) is 9.78 Å². The van der Waals surface area contributed by atoms with Gasteiger partial charge in [0.15, 0.2) is 0 Å². The Balaban J connectivity index is 1.65. The van der Waals surface area contributed by atoms with E-state index in [1.807, 2.05) is 36.5 Å². The summed E-state index contributed by atoms with van der Waals surface area (Å²) >= 11 is 5.81. The summed E-state index contributed by atoms with van der Waals surface area (Å²) in [5.74, 6) is -0.209. The summed E-state index contributed by atoms with van der Waals surface area (Å²) < 4.78 is 1.76. The van der Waals surface area contributed by atoms with Crippen LogP contribution in [0.3, 0.4) is 0 Å². The number of rotatable bonds is 4. The lowest BCUT2D eigenvalue weighted by atomic mass is 10.3. The van der Waals surface area contributed by atoms with E-state index in [2.05, 4.69) is 10.4 Å². The first kappa shape index (κ1) is 15.1. The standard InChI is InChI=1S/C18H14ClN3O/c19-15-7-9-16(10-8-15)21-18(23)11-6-14-12-20-22(13-14)17-4-2-1-3-5-17/h1-13H,(H,21,23)/b11-6+. The molecule has 3 rings (SSSR count). The van der Waals surface area contributed by atoms with Crippen LogP contribution in [0.15, 0.2) is 73.1 Å². The van der Waals surface area contributed by atoms with Gasteiger partial charge in [0.2, 0.25) is 5.91 Å². The number of para-hydroxylation sites is 1. The van der Waals surface area contributed by atoms with E-state index in [-0.39, 0.29) is 5.91 Å². The Labute approximate surface area is 139 Å². The van der Waals surface area contributed by atoms with Gasteiger partial charge >= 0.3 is 0 Å². The second kappa shape index (κ2) is 6.94. The van der Waals surface area contributed by atoms with Gasteiger partial charge in [0.1, 0.15) is 0 Å². The van der Waals surface area contributed by atoms with Gasteiger partial charge in [0.05, 0.1) is 11.9 Å². The van der Waals surface area contributed by atoms with E-state index in [1.165, 1.54) is 6.08 Å². The fourth-order valence-corrected chi connectivity index (χ4v) is 2.16. The molecule has 0 saturated heterocycles. The predicted molar refractivity (Wildman–Crippen MR) is 92.7 cm³/mol. The summed E-state index contributed by atoms with van der Waals surface area (Å²) in [5.41, 5.74) is 2.52. The summed E-state index contributed by atoms with van der Waals surface area (Å²) in [6.45, 7) is 0. The number of benzene rings is 2. The van der Waals surface area contributed by atoms with Crippen LogP contribution in [0, 0.1) is 0 Å². The van der Waals surface area contributed by atoms with E-state index in [4.69, 9.17) is 11.6 Å². The maximum atomic E-state index is 11.9. The molecule has 1 heterocycles. The van der Waals surface area contributed by atoms with Gasteiger partial charge in [-0.15, -0.1) is 0 Å². The van der Waals surface area contributed by atoms with E-state index in [0.29, 0.717) is 10.7 Å². The highest BCUT2D eigenvalue weighted by Gasteiger charge is 2.00. The van der Waals surface area contributed by atoms with Gasteiger partial charge in [-0.05, 0) is 42.5 Å². The number of carbonyl (C=O) groups excluding carboxylic acids is 1. The molecule has 0 radical (unpaired) electrons. The first-order chi connectivity index (χ1) is 11.2. The Kier molecular flexibility index (Phi) is 4.54. The number of hydrogen-bond acceptors (Lipinski definition) is 2. The van der Waals surface area contributed by atoms with Crippen LogP contribution in [0.2, 0.25) is 5.02 Å². The van der Waals surface area contributed by atoms with Crippen LogP contribution in [-0.2, 0) is 4.79 Å². The summed E-state index contributed by atoms with van der Waals surface area (Å²) in [6, 6.07) is 16.7. The van der Waals surface area contributed by atoms with Crippen molar-refractivity contribution in [3.63, 3.8) is 0 Å². The average molecular weight is 324 g/mol. The van der Waals surface area contributed by atoms with Crippen molar-refractivity contribution in [2.75, 3.05) is 5.32 Å². The molecular weight excluding hydrogens is 310 g/mol. The predicted octanol–water partition coefficient (Wildman–Crippen LogP) is 4.18. The molecule has 2 aromatic carbocycles. The minimum atomic E-state index is -0.209. The van der Waals surface area contributed by atoms with Gasteiger partial charge in [-0.25, -0.2) is 4.68 Å². The molecule has 0 aliphatic heterocycles. The molecule has 114 valence electrons. The molecule has 1 N–H and O–H groups in total. The summed E-state index contributed by atoms with van der Waals surface area (Å²) in [5, 5.41) is 7.67.